The van der Waals surface area contributed by atoms with Gasteiger partial charge in [-0.2, -0.15) is 0 Å². The molecule has 3 aromatic rings. The maximum atomic E-state index is 12.3. The molecule has 25 heavy (non-hydrogen) atoms. The molecule has 0 bridgehead atoms. The van der Waals surface area contributed by atoms with Crippen molar-refractivity contribution in [3.63, 3.8) is 0 Å². The van der Waals surface area contributed by atoms with Gasteiger partial charge in [0.05, 0.1) is 17.1 Å². The molecular formula is C20H20N2OS2. The molecule has 1 aromatic heterocycles. The summed E-state index contributed by atoms with van der Waals surface area (Å²) in [5.74, 6) is 1.34. The number of carbonyl (C=O) groups is 1. The molecule has 0 radical (unpaired) electrons. The predicted octanol–water partition coefficient (Wildman–Crippen LogP) is 5.39. The summed E-state index contributed by atoms with van der Waals surface area (Å²) in [5.41, 5.74) is 2.89. The van der Waals surface area contributed by atoms with E-state index < -0.39 is 0 Å². The molecule has 1 N–H and O–H groups in total. The largest absolute Gasteiger partial charge is 0.343 e. The molecule has 0 spiro atoms. The minimum Gasteiger partial charge on any atom is -0.343 e. The van der Waals surface area contributed by atoms with Crippen LogP contribution in [-0.4, -0.2) is 18.7 Å². The third-order valence-electron chi connectivity index (χ3n) is 3.74. The molecule has 0 unspecified atom stereocenters. The molecule has 0 fully saturated rings. The van der Waals surface area contributed by atoms with Crippen molar-refractivity contribution in [2.45, 2.75) is 5.75 Å². The number of amides is 1. The number of hydrogen-bond donors (Lipinski definition) is 1. The van der Waals surface area contributed by atoms with Gasteiger partial charge in [-0.15, -0.1) is 23.1 Å². The van der Waals surface area contributed by atoms with Gasteiger partial charge in [0, 0.05) is 23.4 Å². The Morgan fingerprint density at radius 1 is 1.04 bits per heavy atom. The number of thiophene rings is 1. The van der Waals surface area contributed by atoms with E-state index in [1.807, 2.05) is 55.6 Å². The molecule has 0 atom stereocenters. The van der Waals surface area contributed by atoms with Crippen LogP contribution in [-0.2, 0) is 10.5 Å². The summed E-state index contributed by atoms with van der Waals surface area (Å²) in [7, 11) is 2.01. The Hall–Kier alpha value is -2.24. The maximum absolute atomic E-state index is 12.3. The highest BCUT2D eigenvalue weighted by atomic mass is 32.2. The van der Waals surface area contributed by atoms with Crippen molar-refractivity contribution in [2.24, 2.45) is 0 Å². The average molecular weight is 369 g/mol. The van der Waals surface area contributed by atoms with Crippen molar-refractivity contribution >= 4 is 46.1 Å². The van der Waals surface area contributed by atoms with Crippen LogP contribution in [0.15, 0.2) is 72.1 Å². The molecule has 2 aromatic carbocycles. The van der Waals surface area contributed by atoms with Gasteiger partial charge in [-0.25, -0.2) is 0 Å². The van der Waals surface area contributed by atoms with E-state index in [9.17, 15) is 4.79 Å². The third kappa shape index (κ3) is 4.87. The molecule has 5 heteroatoms. The highest BCUT2D eigenvalue weighted by molar-refractivity contribution is 7.99. The highest BCUT2D eigenvalue weighted by Crippen LogP contribution is 2.30. The Bertz CT molecular complexity index is 804. The van der Waals surface area contributed by atoms with Crippen LogP contribution in [0.1, 0.15) is 4.88 Å². The van der Waals surface area contributed by atoms with Crippen LogP contribution in [0.2, 0.25) is 0 Å². The Morgan fingerprint density at radius 3 is 2.56 bits per heavy atom. The van der Waals surface area contributed by atoms with Crippen molar-refractivity contribution in [3.8, 4) is 0 Å². The van der Waals surface area contributed by atoms with Crippen LogP contribution in [0.4, 0.5) is 17.1 Å². The van der Waals surface area contributed by atoms with Gasteiger partial charge >= 0.3 is 0 Å². The van der Waals surface area contributed by atoms with Crippen molar-refractivity contribution in [1.29, 1.82) is 0 Å². The van der Waals surface area contributed by atoms with Gasteiger partial charge in [0.1, 0.15) is 0 Å². The second kappa shape index (κ2) is 8.74. The lowest BCUT2D eigenvalue weighted by molar-refractivity contribution is -0.113. The first-order valence-corrected chi connectivity index (χ1v) is 10.1. The number of thioether (sulfide) groups is 1. The van der Waals surface area contributed by atoms with Crippen molar-refractivity contribution < 1.29 is 4.79 Å². The van der Waals surface area contributed by atoms with E-state index in [1.165, 1.54) is 4.88 Å². The number of para-hydroxylation sites is 3. The molecule has 0 aliphatic rings. The molecule has 0 saturated heterocycles. The van der Waals surface area contributed by atoms with E-state index in [0.717, 1.165) is 22.8 Å². The van der Waals surface area contributed by atoms with E-state index >= 15 is 0 Å². The summed E-state index contributed by atoms with van der Waals surface area (Å²) in [6.07, 6.45) is 0. The maximum Gasteiger partial charge on any atom is 0.234 e. The normalized spacial score (nSPS) is 10.4. The van der Waals surface area contributed by atoms with Crippen molar-refractivity contribution in [3.05, 3.63) is 77.0 Å². The summed E-state index contributed by atoms with van der Waals surface area (Å²) >= 11 is 3.36. The van der Waals surface area contributed by atoms with E-state index in [-0.39, 0.29) is 5.91 Å². The lowest BCUT2D eigenvalue weighted by Crippen LogP contribution is -2.18. The zero-order valence-corrected chi connectivity index (χ0v) is 15.6. The van der Waals surface area contributed by atoms with Gasteiger partial charge in [0.15, 0.2) is 0 Å². The SMILES string of the molecule is CN(c1ccccc1)c1ccccc1NC(=O)CSCc1cccs1. The molecule has 3 nitrogen and oxygen atoms in total. The standard InChI is InChI=1S/C20H20N2OS2/c1-22(16-8-3-2-4-9-16)19-12-6-5-11-18(19)21-20(23)15-24-14-17-10-7-13-25-17/h2-13H,14-15H2,1H3,(H,21,23). The first kappa shape index (κ1) is 17.6. The summed E-state index contributed by atoms with van der Waals surface area (Å²) in [4.78, 5) is 15.7. The number of carbonyl (C=O) groups excluding carboxylic acids is 1. The molecule has 128 valence electrons. The van der Waals surface area contributed by atoms with Gasteiger partial charge in [-0.3, -0.25) is 4.79 Å². The topological polar surface area (TPSA) is 32.3 Å². The highest BCUT2D eigenvalue weighted by Gasteiger charge is 2.11. The fourth-order valence-corrected chi connectivity index (χ4v) is 4.16. The molecule has 1 heterocycles. The van der Waals surface area contributed by atoms with Gasteiger partial charge in [-0.1, -0.05) is 36.4 Å². The fraction of sp³-hybridized carbons (Fsp3) is 0.150. The monoisotopic (exact) mass is 368 g/mol. The van der Waals surface area contributed by atoms with Gasteiger partial charge < -0.3 is 10.2 Å². The summed E-state index contributed by atoms with van der Waals surface area (Å²) in [6.45, 7) is 0. The number of benzene rings is 2. The van der Waals surface area contributed by atoms with Gasteiger partial charge in [0.2, 0.25) is 5.91 Å². The molecular weight excluding hydrogens is 348 g/mol. The molecule has 0 saturated carbocycles. The fourth-order valence-electron chi connectivity index (χ4n) is 2.49. The Labute approximate surface area is 156 Å². The summed E-state index contributed by atoms with van der Waals surface area (Å²) in [5, 5.41) is 5.10. The van der Waals surface area contributed by atoms with Crippen LogP contribution in [0.5, 0.6) is 0 Å². The summed E-state index contributed by atoms with van der Waals surface area (Å²) in [6, 6.07) is 22.1. The first-order chi connectivity index (χ1) is 12.2. The smallest absolute Gasteiger partial charge is 0.234 e. The van der Waals surface area contributed by atoms with E-state index in [2.05, 4.69) is 33.8 Å². The summed E-state index contributed by atoms with van der Waals surface area (Å²) < 4.78 is 0. The molecule has 3 rings (SSSR count). The van der Waals surface area contributed by atoms with Crippen LogP contribution in [0.25, 0.3) is 0 Å². The van der Waals surface area contributed by atoms with Crippen LogP contribution < -0.4 is 10.2 Å². The third-order valence-corrected chi connectivity index (χ3v) is 5.78. The molecule has 1 amide bonds. The number of anilines is 3. The van der Waals surface area contributed by atoms with Gasteiger partial charge in [-0.05, 0) is 35.7 Å². The quantitative estimate of drug-likeness (QED) is 0.607. The van der Waals surface area contributed by atoms with E-state index in [1.54, 1.807) is 23.1 Å². The number of nitrogens with one attached hydrogen (secondary N) is 1. The van der Waals surface area contributed by atoms with E-state index in [0.29, 0.717) is 5.75 Å². The van der Waals surface area contributed by atoms with Crippen LogP contribution in [0.3, 0.4) is 0 Å². The number of hydrogen-bond acceptors (Lipinski definition) is 4. The average Bonchev–Trinajstić information content (AvgIpc) is 3.16. The van der Waals surface area contributed by atoms with E-state index in [4.69, 9.17) is 0 Å². The second-order valence-corrected chi connectivity index (χ2v) is 7.55. The number of nitrogens with zero attached hydrogens (tertiary/aromatic N) is 1. The molecule has 0 aliphatic heterocycles. The molecule has 0 aliphatic carbocycles. The Balaban J connectivity index is 1.63. The zero-order chi connectivity index (χ0) is 17.5. The van der Waals surface area contributed by atoms with Crippen LogP contribution in [0, 0.1) is 0 Å². The van der Waals surface area contributed by atoms with Gasteiger partial charge in [0.25, 0.3) is 0 Å². The minimum absolute atomic E-state index is 0.0236. The zero-order valence-electron chi connectivity index (χ0n) is 14.0. The second-order valence-electron chi connectivity index (χ2n) is 5.53. The first-order valence-electron chi connectivity index (χ1n) is 8.02. The van der Waals surface area contributed by atoms with Crippen molar-refractivity contribution in [1.82, 2.24) is 0 Å². The predicted molar refractivity (Wildman–Crippen MR) is 110 cm³/mol. The minimum atomic E-state index is 0.0236. The number of rotatable bonds is 7. The van der Waals surface area contributed by atoms with Crippen LogP contribution >= 0.6 is 23.1 Å². The lowest BCUT2D eigenvalue weighted by Gasteiger charge is -2.22. The Morgan fingerprint density at radius 2 is 1.80 bits per heavy atom. The van der Waals surface area contributed by atoms with Crippen molar-refractivity contribution in [2.75, 3.05) is 23.0 Å². The lowest BCUT2D eigenvalue weighted by atomic mass is 10.2. The Kier molecular flexibility index (Phi) is 6.14.